The van der Waals surface area contributed by atoms with Gasteiger partial charge in [0.2, 0.25) is 5.89 Å². The minimum atomic E-state index is -0.160. The van der Waals surface area contributed by atoms with Gasteiger partial charge in [-0.15, -0.1) is 0 Å². The molecule has 0 N–H and O–H groups in total. The minimum absolute atomic E-state index is 0.160. The molecule has 0 unspecified atom stereocenters. The van der Waals surface area contributed by atoms with Crippen molar-refractivity contribution in [1.29, 1.82) is 0 Å². The zero-order chi connectivity index (χ0) is 17.2. The average Bonchev–Trinajstić information content (AvgIpc) is 3.13. The summed E-state index contributed by atoms with van der Waals surface area (Å²) in [6, 6.07) is 10.8. The highest BCUT2D eigenvalue weighted by Gasteiger charge is 2.10. The molecule has 0 saturated heterocycles. The number of oxazole rings is 1. The Bertz CT molecular complexity index is 1080. The molecule has 4 aromatic rings. The first-order chi connectivity index (χ1) is 12.2. The quantitative estimate of drug-likeness (QED) is 0.570. The van der Waals surface area contributed by atoms with Crippen LogP contribution in [0.15, 0.2) is 64.4 Å². The van der Waals surface area contributed by atoms with Gasteiger partial charge in [-0.05, 0) is 36.4 Å². The molecule has 0 atom stereocenters. The van der Waals surface area contributed by atoms with Gasteiger partial charge in [0.15, 0.2) is 5.65 Å². The lowest BCUT2D eigenvalue weighted by atomic mass is 10.2. The molecule has 0 radical (unpaired) electrons. The van der Waals surface area contributed by atoms with Crippen molar-refractivity contribution in [1.82, 2.24) is 19.5 Å². The van der Waals surface area contributed by atoms with Gasteiger partial charge in [0.1, 0.15) is 18.3 Å². The number of ether oxygens (including phenoxy) is 1. The number of hydrogen-bond donors (Lipinski definition) is 0. The number of fused-ring (bicyclic) bond motifs is 1. The van der Waals surface area contributed by atoms with Crippen LogP contribution in [0.2, 0.25) is 0 Å². The largest absolute Gasteiger partial charge is 0.497 e. The molecule has 0 spiro atoms. The highest BCUT2D eigenvalue weighted by Crippen LogP contribution is 2.21. The summed E-state index contributed by atoms with van der Waals surface area (Å²) in [6.45, 7) is 0.274. The first-order valence-corrected chi connectivity index (χ1v) is 7.63. The molecule has 0 amide bonds. The Balaban J connectivity index is 1.63. The lowest BCUT2D eigenvalue weighted by Gasteiger charge is -2.03. The third-order valence-electron chi connectivity index (χ3n) is 3.82. The molecular weight excluding hydrogens is 320 g/mol. The fourth-order valence-corrected chi connectivity index (χ4v) is 2.53. The number of hydrogen-bond acceptors (Lipinski definition) is 6. The zero-order valence-electron chi connectivity index (χ0n) is 13.4. The third kappa shape index (κ3) is 2.87. The van der Waals surface area contributed by atoms with Crippen molar-refractivity contribution in [2.45, 2.75) is 6.54 Å². The van der Waals surface area contributed by atoms with E-state index in [1.807, 2.05) is 24.3 Å². The van der Waals surface area contributed by atoms with E-state index in [4.69, 9.17) is 9.15 Å². The number of benzene rings is 1. The maximum absolute atomic E-state index is 12.5. The fraction of sp³-hybridized carbons (Fsp3) is 0.111. The number of nitrogens with zero attached hydrogens (tertiary/aromatic N) is 4. The van der Waals surface area contributed by atoms with Gasteiger partial charge in [0, 0.05) is 11.8 Å². The normalized spacial score (nSPS) is 10.9. The van der Waals surface area contributed by atoms with E-state index < -0.39 is 0 Å². The second-order valence-electron chi connectivity index (χ2n) is 5.42. The van der Waals surface area contributed by atoms with E-state index in [1.54, 1.807) is 31.7 Å². The molecule has 1 aromatic carbocycles. The van der Waals surface area contributed by atoms with Crippen LogP contribution in [0.4, 0.5) is 0 Å². The van der Waals surface area contributed by atoms with Gasteiger partial charge in [-0.2, -0.15) is 0 Å². The van der Waals surface area contributed by atoms with E-state index in [2.05, 4.69) is 15.0 Å². The summed E-state index contributed by atoms with van der Waals surface area (Å²) >= 11 is 0. The van der Waals surface area contributed by atoms with Crippen molar-refractivity contribution in [3.63, 3.8) is 0 Å². The molecule has 25 heavy (non-hydrogen) atoms. The maximum Gasteiger partial charge on any atom is 0.263 e. The van der Waals surface area contributed by atoms with Crippen LogP contribution in [-0.2, 0) is 6.54 Å². The summed E-state index contributed by atoms with van der Waals surface area (Å²) in [7, 11) is 1.61. The van der Waals surface area contributed by atoms with Crippen LogP contribution in [0.25, 0.3) is 22.5 Å². The molecule has 0 aliphatic carbocycles. The predicted octanol–water partition coefficient (Wildman–Crippen LogP) is 2.50. The van der Waals surface area contributed by atoms with Gasteiger partial charge in [0.05, 0.1) is 24.7 Å². The number of pyridine rings is 1. The highest BCUT2D eigenvalue weighted by atomic mass is 16.5. The molecule has 0 saturated carbocycles. The topological polar surface area (TPSA) is 83.0 Å². The van der Waals surface area contributed by atoms with Crippen LogP contribution in [0.5, 0.6) is 5.75 Å². The molecular formula is C18H14N4O3. The monoisotopic (exact) mass is 334 g/mol. The molecule has 0 bridgehead atoms. The molecule has 3 heterocycles. The predicted molar refractivity (Wildman–Crippen MR) is 91.4 cm³/mol. The Labute approximate surface area is 142 Å². The zero-order valence-corrected chi connectivity index (χ0v) is 13.4. The number of rotatable bonds is 4. The summed E-state index contributed by atoms with van der Waals surface area (Å²) in [6.07, 6.45) is 4.62. The summed E-state index contributed by atoms with van der Waals surface area (Å²) in [5.74, 6) is 1.25. The highest BCUT2D eigenvalue weighted by molar-refractivity contribution is 5.72. The molecule has 0 aliphatic heterocycles. The smallest absolute Gasteiger partial charge is 0.263 e. The Kier molecular flexibility index (Phi) is 3.74. The van der Waals surface area contributed by atoms with Gasteiger partial charge < -0.3 is 9.15 Å². The molecule has 7 heteroatoms. The van der Waals surface area contributed by atoms with E-state index in [1.165, 1.54) is 10.9 Å². The first-order valence-electron chi connectivity index (χ1n) is 7.63. The van der Waals surface area contributed by atoms with Crippen molar-refractivity contribution >= 4 is 11.0 Å². The van der Waals surface area contributed by atoms with E-state index in [0.717, 1.165) is 11.3 Å². The Morgan fingerprint density at radius 2 is 2.00 bits per heavy atom. The fourth-order valence-electron chi connectivity index (χ4n) is 2.53. The Hall–Kier alpha value is -3.48. The summed E-state index contributed by atoms with van der Waals surface area (Å²) in [5.41, 5.74) is 1.74. The summed E-state index contributed by atoms with van der Waals surface area (Å²) in [4.78, 5) is 25.2. The van der Waals surface area contributed by atoms with E-state index in [0.29, 0.717) is 22.6 Å². The van der Waals surface area contributed by atoms with Crippen LogP contribution < -0.4 is 10.3 Å². The molecule has 7 nitrogen and oxygen atoms in total. The van der Waals surface area contributed by atoms with Crippen LogP contribution in [-0.4, -0.2) is 26.6 Å². The summed E-state index contributed by atoms with van der Waals surface area (Å²) < 4.78 is 12.1. The van der Waals surface area contributed by atoms with Crippen molar-refractivity contribution in [2.24, 2.45) is 0 Å². The van der Waals surface area contributed by atoms with E-state index in [-0.39, 0.29) is 12.1 Å². The van der Waals surface area contributed by atoms with E-state index >= 15 is 0 Å². The van der Waals surface area contributed by atoms with Gasteiger partial charge in [-0.25, -0.2) is 15.0 Å². The average molecular weight is 334 g/mol. The first kappa shape index (κ1) is 15.1. The van der Waals surface area contributed by atoms with Gasteiger partial charge in [-0.1, -0.05) is 0 Å². The lowest BCUT2D eigenvalue weighted by molar-refractivity contribution is 0.415. The lowest BCUT2D eigenvalue weighted by Crippen LogP contribution is -2.21. The Morgan fingerprint density at radius 1 is 1.16 bits per heavy atom. The van der Waals surface area contributed by atoms with Gasteiger partial charge in [0.25, 0.3) is 5.56 Å². The van der Waals surface area contributed by atoms with Crippen LogP contribution in [0.3, 0.4) is 0 Å². The molecule has 124 valence electrons. The maximum atomic E-state index is 12.5. The number of methoxy groups -OCH3 is 1. The standard InChI is InChI=1S/C18H14N4O3/c1-24-14-6-4-12(5-7-14)17-21-13(10-25-17)9-22-11-20-16-15(18(22)23)3-2-8-19-16/h2-8,10-11H,9H2,1H3. The SMILES string of the molecule is COc1ccc(-c2nc(Cn3cnc4ncccc4c3=O)co2)cc1. The van der Waals surface area contributed by atoms with Crippen molar-refractivity contribution < 1.29 is 9.15 Å². The van der Waals surface area contributed by atoms with Crippen LogP contribution in [0, 0.1) is 0 Å². The van der Waals surface area contributed by atoms with Gasteiger partial charge >= 0.3 is 0 Å². The second kappa shape index (κ2) is 6.20. The van der Waals surface area contributed by atoms with Crippen LogP contribution in [0.1, 0.15) is 5.69 Å². The molecule has 0 fully saturated rings. The van der Waals surface area contributed by atoms with Gasteiger partial charge in [-0.3, -0.25) is 9.36 Å². The Morgan fingerprint density at radius 3 is 2.80 bits per heavy atom. The summed E-state index contributed by atoms with van der Waals surface area (Å²) in [5, 5.41) is 0.476. The minimum Gasteiger partial charge on any atom is -0.497 e. The van der Waals surface area contributed by atoms with Crippen molar-refractivity contribution in [3.05, 3.63) is 71.2 Å². The van der Waals surface area contributed by atoms with Crippen molar-refractivity contribution in [3.8, 4) is 17.2 Å². The molecule has 4 rings (SSSR count). The number of aromatic nitrogens is 4. The van der Waals surface area contributed by atoms with Crippen molar-refractivity contribution in [2.75, 3.05) is 7.11 Å². The van der Waals surface area contributed by atoms with E-state index in [9.17, 15) is 4.79 Å². The second-order valence-corrected chi connectivity index (χ2v) is 5.42. The molecule has 3 aromatic heterocycles. The third-order valence-corrected chi connectivity index (χ3v) is 3.82. The van der Waals surface area contributed by atoms with Crippen LogP contribution >= 0.6 is 0 Å². The molecule has 0 aliphatic rings.